The predicted octanol–water partition coefficient (Wildman–Crippen LogP) is 3.00. The van der Waals surface area contributed by atoms with Gasteiger partial charge in [0.05, 0.1) is 39.2 Å². The highest BCUT2D eigenvalue weighted by Gasteiger charge is 2.44. The fourth-order valence-corrected chi connectivity index (χ4v) is 3.84. The molecule has 3 aliphatic rings. The molecular formula is C24H29N3O4. The minimum absolute atomic E-state index is 0.0323. The van der Waals surface area contributed by atoms with Crippen LogP contribution in [-0.4, -0.2) is 47.7 Å². The summed E-state index contributed by atoms with van der Waals surface area (Å²) in [6.45, 7) is 9.07. The maximum absolute atomic E-state index is 6.17. The van der Waals surface area contributed by atoms with Crippen LogP contribution in [0.25, 0.3) is 0 Å². The number of ether oxygens (including phenoxy) is 4. The van der Waals surface area contributed by atoms with E-state index in [4.69, 9.17) is 18.9 Å². The van der Waals surface area contributed by atoms with E-state index in [-0.39, 0.29) is 11.7 Å². The van der Waals surface area contributed by atoms with E-state index in [0.29, 0.717) is 44.6 Å². The first-order chi connectivity index (χ1) is 14.9. The quantitative estimate of drug-likeness (QED) is 0.705. The maximum Gasteiger partial charge on any atom is 0.243 e. The van der Waals surface area contributed by atoms with E-state index in [1.165, 1.54) is 12.8 Å². The summed E-state index contributed by atoms with van der Waals surface area (Å²) < 4.78 is 25.7. The topological polar surface area (TPSA) is 67.6 Å². The van der Waals surface area contributed by atoms with Gasteiger partial charge in [0.2, 0.25) is 5.79 Å². The van der Waals surface area contributed by atoms with Crippen LogP contribution in [0, 0.1) is 30.1 Å². The molecule has 1 aromatic heterocycles. The van der Waals surface area contributed by atoms with Crippen LogP contribution in [0.2, 0.25) is 0 Å². The molecule has 31 heavy (non-hydrogen) atoms. The molecule has 1 aliphatic carbocycles. The lowest BCUT2D eigenvalue weighted by molar-refractivity contribution is -0.227. The third-order valence-corrected chi connectivity index (χ3v) is 5.82. The standard InChI is InChI=1S/C24H29N3O4/c1-17-4-5-19(9-8-18-6-7-18)12-20(17)24(30-10-11-31-24)21-13-27(26-25-21)14-22-28-15-23(2,3)16-29-22/h4-5,12-13,18,22H,6-7,10-11,14-16H2,1-3H3. The third kappa shape index (κ3) is 4.39. The zero-order valence-electron chi connectivity index (χ0n) is 18.4. The van der Waals surface area contributed by atoms with Crippen molar-refractivity contribution < 1.29 is 18.9 Å². The first kappa shape index (κ1) is 20.7. The Balaban J connectivity index is 1.40. The molecule has 2 saturated heterocycles. The van der Waals surface area contributed by atoms with Gasteiger partial charge >= 0.3 is 0 Å². The number of aryl methyl sites for hydroxylation is 1. The zero-order valence-corrected chi connectivity index (χ0v) is 18.4. The lowest BCUT2D eigenvalue weighted by atomic mass is 9.95. The molecule has 3 fully saturated rings. The Morgan fingerprint density at radius 2 is 1.87 bits per heavy atom. The molecular weight excluding hydrogens is 394 g/mol. The fourth-order valence-electron chi connectivity index (χ4n) is 3.84. The summed E-state index contributed by atoms with van der Waals surface area (Å²) >= 11 is 0. The number of hydrogen-bond donors (Lipinski definition) is 0. The molecule has 5 rings (SSSR count). The summed E-state index contributed by atoms with van der Waals surface area (Å²) in [6, 6.07) is 6.17. The van der Waals surface area contributed by atoms with E-state index < -0.39 is 5.79 Å². The van der Waals surface area contributed by atoms with Crippen LogP contribution in [-0.2, 0) is 31.3 Å². The van der Waals surface area contributed by atoms with Crippen molar-refractivity contribution in [3.8, 4) is 11.8 Å². The van der Waals surface area contributed by atoms with Crippen LogP contribution in [0.1, 0.15) is 49.1 Å². The first-order valence-electron chi connectivity index (χ1n) is 11.0. The molecule has 7 nitrogen and oxygen atoms in total. The van der Waals surface area contributed by atoms with Crippen LogP contribution in [0.4, 0.5) is 0 Å². The second kappa shape index (κ2) is 8.03. The molecule has 0 spiro atoms. The Kier molecular flexibility index (Phi) is 5.35. The molecule has 164 valence electrons. The van der Waals surface area contributed by atoms with Crippen LogP contribution in [0.15, 0.2) is 24.4 Å². The molecule has 0 unspecified atom stereocenters. The summed E-state index contributed by atoms with van der Waals surface area (Å²) in [6.07, 6.45) is 3.93. The largest absolute Gasteiger partial charge is 0.350 e. The Morgan fingerprint density at radius 1 is 1.13 bits per heavy atom. The predicted molar refractivity (Wildman–Crippen MR) is 113 cm³/mol. The molecule has 2 aromatic rings. The van der Waals surface area contributed by atoms with E-state index in [9.17, 15) is 0 Å². The van der Waals surface area contributed by atoms with Crippen molar-refractivity contribution in [2.24, 2.45) is 11.3 Å². The van der Waals surface area contributed by atoms with Gasteiger partial charge in [-0.2, -0.15) is 0 Å². The van der Waals surface area contributed by atoms with Gasteiger partial charge in [0.1, 0.15) is 5.69 Å². The summed E-state index contributed by atoms with van der Waals surface area (Å²) in [5.41, 5.74) is 3.60. The molecule has 0 bridgehead atoms. The fraction of sp³-hybridized carbons (Fsp3) is 0.583. The highest BCUT2D eigenvalue weighted by atomic mass is 16.7. The molecule has 3 heterocycles. The molecule has 0 radical (unpaired) electrons. The van der Waals surface area contributed by atoms with Gasteiger partial charge in [0.15, 0.2) is 6.29 Å². The van der Waals surface area contributed by atoms with Gasteiger partial charge < -0.3 is 18.9 Å². The SMILES string of the molecule is Cc1ccc(C#CC2CC2)cc1C1(c2cn(CC3OCC(C)(C)CO3)nn2)OCCO1. The van der Waals surface area contributed by atoms with Gasteiger partial charge in [-0.3, -0.25) is 0 Å². The van der Waals surface area contributed by atoms with Crippen LogP contribution in [0.5, 0.6) is 0 Å². The van der Waals surface area contributed by atoms with Gasteiger partial charge in [-0.1, -0.05) is 37.0 Å². The Bertz CT molecular complexity index is 999. The van der Waals surface area contributed by atoms with Crippen molar-refractivity contribution in [3.63, 3.8) is 0 Å². The van der Waals surface area contributed by atoms with E-state index in [2.05, 4.69) is 55.1 Å². The summed E-state index contributed by atoms with van der Waals surface area (Å²) in [5, 5.41) is 8.71. The average molecular weight is 424 g/mol. The van der Waals surface area contributed by atoms with Crippen molar-refractivity contribution in [2.45, 2.75) is 52.2 Å². The number of nitrogens with zero attached hydrogens (tertiary/aromatic N) is 3. The van der Waals surface area contributed by atoms with Crippen molar-refractivity contribution in [1.82, 2.24) is 15.0 Å². The van der Waals surface area contributed by atoms with Crippen molar-refractivity contribution in [2.75, 3.05) is 26.4 Å². The maximum atomic E-state index is 6.17. The molecule has 0 atom stereocenters. The van der Waals surface area contributed by atoms with Crippen molar-refractivity contribution in [3.05, 3.63) is 46.8 Å². The molecule has 0 amide bonds. The van der Waals surface area contributed by atoms with Crippen LogP contribution >= 0.6 is 0 Å². The Morgan fingerprint density at radius 3 is 2.58 bits per heavy atom. The van der Waals surface area contributed by atoms with Gasteiger partial charge in [-0.05, 0) is 37.5 Å². The minimum Gasteiger partial charge on any atom is -0.350 e. The third-order valence-electron chi connectivity index (χ3n) is 5.82. The molecule has 2 aliphatic heterocycles. The smallest absolute Gasteiger partial charge is 0.243 e. The summed E-state index contributed by atoms with van der Waals surface area (Å²) in [4.78, 5) is 0. The number of hydrogen-bond acceptors (Lipinski definition) is 6. The number of benzene rings is 1. The summed E-state index contributed by atoms with van der Waals surface area (Å²) in [7, 11) is 0. The average Bonchev–Trinajstić information content (AvgIpc) is 3.24. The second-order valence-corrected chi connectivity index (χ2v) is 9.43. The molecule has 0 N–H and O–H groups in total. The lowest BCUT2D eigenvalue weighted by Gasteiger charge is -2.34. The van der Waals surface area contributed by atoms with Gasteiger partial charge in [0, 0.05) is 22.5 Å². The van der Waals surface area contributed by atoms with E-state index >= 15 is 0 Å². The van der Waals surface area contributed by atoms with Crippen molar-refractivity contribution in [1.29, 1.82) is 0 Å². The van der Waals surface area contributed by atoms with E-state index in [1.54, 1.807) is 4.68 Å². The van der Waals surface area contributed by atoms with Crippen molar-refractivity contribution >= 4 is 0 Å². The van der Waals surface area contributed by atoms with Gasteiger partial charge in [-0.15, -0.1) is 5.10 Å². The molecule has 1 saturated carbocycles. The zero-order chi connectivity index (χ0) is 21.5. The number of rotatable bonds is 4. The first-order valence-corrected chi connectivity index (χ1v) is 11.0. The van der Waals surface area contributed by atoms with Crippen LogP contribution in [0.3, 0.4) is 0 Å². The molecule has 7 heteroatoms. The van der Waals surface area contributed by atoms with Crippen LogP contribution < -0.4 is 0 Å². The highest BCUT2D eigenvalue weighted by molar-refractivity contribution is 5.45. The highest BCUT2D eigenvalue weighted by Crippen LogP contribution is 2.39. The Labute approximate surface area is 183 Å². The minimum atomic E-state index is -1.07. The molecule has 1 aromatic carbocycles. The monoisotopic (exact) mass is 423 g/mol. The van der Waals surface area contributed by atoms with Gasteiger partial charge in [-0.25, -0.2) is 4.68 Å². The second-order valence-electron chi connectivity index (χ2n) is 9.43. The number of aromatic nitrogens is 3. The van der Waals surface area contributed by atoms with E-state index in [0.717, 1.165) is 16.7 Å². The Hall–Kier alpha value is -2.24. The van der Waals surface area contributed by atoms with E-state index in [1.807, 2.05) is 12.3 Å². The van der Waals surface area contributed by atoms with Gasteiger partial charge in [0.25, 0.3) is 0 Å². The normalized spacial score (nSPS) is 22.8. The summed E-state index contributed by atoms with van der Waals surface area (Å²) in [5.74, 6) is 6.10. The lowest BCUT2D eigenvalue weighted by Crippen LogP contribution is -2.39.